The molecule has 0 spiro atoms. The van der Waals surface area contributed by atoms with Gasteiger partial charge in [0.1, 0.15) is 0 Å². The van der Waals surface area contributed by atoms with E-state index in [9.17, 15) is 9.59 Å². The van der Waals surface area contributed by atoms with Crippen molar-refractivity contribution in [3.63, 3.8) is 0 Å². The van der Waals surface area contributed by atoms with Gasteiger partial charge in [0.25, 0.3) is 0 Å². The van der Waals surface area contributed by atoms with E-state index in [4.69, 9.17) is 5.11 Å². The van der Waals surface area contributed by atoms with Gasteiger partial charge in [0.05, 0.1) is 6.42 Å². The number of amides is 2. The Bertz CT molecular complexity index is 273. The summed E-state index contributed by atoms with van der Waals surface area (Å²) in [5.41, 5.74) is 0. The largest absolute Gasteiger partial charge is 0.481 e. The van der Waals surface area contributed by atoms with Crippen LogP contribution in [-0.4, -0.2) is 66.7 Å². The van der Waals surface area contributed by atoms with Crippen LogP contribution in [-0.2, 0) is 4.79 Å². The van der Waals surface area contributed by atoms with Crippen molar-refractivity contribution in [1.29, 1.82) is 0 Å². The van der Waals surface area contributed by atoms with E-state index in [0.717, 1.165) is 25.9 Å². The van der Waals surface area contributed by atoms with Crippen LogP contribution in [0.3, 0.4) is 0 Å². The molecule has 0 aromatic carbocycles. The summed E-state index contributed by atoms with van der Waals surface area (Å²) < 4.78 is 0. The molecule has 0 radical (unpaired) electrons. The summed E-state index contributed by atoms with van der Waals surface area (Å²) in [6.45, 7) is 1.67. The Morgan fingerprint density at radius 2 is 1.94 bits per heavy atom. The topological polar surface area (TPSA) is 72.9 Å². The van der Waals surface area contributed by atoms with Gasteiger partial charge in [-0.15, -0.1) is 0 Å². The number of piperidine rings is 1. The fourth-order valence-corrected chi connectivity index (χ4v) is 1.97. The first-order chi connectivity index (χ1) is 8.00. The lowest BCUT2D eigenvalue weighted by atomic mass is 10.0. The van der Waals surface area contributed by atoms with Gasteiger partial charge in [0.15, 0.2) is 0 Å². The van der Waals surface area contributed by atoms with Crippen LogP contribution in [0.15, 0.2) is 0 Å². The number of carbonyl (C=O) groups excluding carboxylic acids is 1. The molecule has 6 heteroatoms. The van der Waals surface area contributed by atoms with Crippen LogP contribution < -0.4 is 5.32 Å². The van der Waals surface area contributed by atoms with Gasteiger partial charge in [-0.05, 0) is 26.9 Å². The Balaban J connectivity index is 2.24. The number of nitrogens with one attached hydrogen (secondary N) is 1. The monoisotopic (exact) mass is 243 g/mol. The van der Waals surface area contributed by atoms with Crippen molar-refractivity contribution in [2.24, 2.45) is 0 Å². The number of likely N-dealkylation sites (tertiary alicyclic amines) is 1. The summed E-state index contributed by atoms with van der Waals surface area (Å²) >= 11 is 0. The molecule has 2 amide bonds. The number of aliphatic carboxylic acids is 1. The molecule has 1 aliphatic heterocycles. The highest BCUT2D eigenvalue weighted by atomic mass is 16.4. The first-order valence-electron chi connectivity index (χ1n) is 5.91. The Kier molecular flexibility index (Phi) is 5.21. The number of hydrogen-bond acceptors (Lipinski definition) is 3. The lowest BCUT2D eigenvalue weighted by Crippen LogP contribution is -2.48. The number of urea groups is 1. The van der Waals surface area contributed by atoms with E-state index in [0.29, 0.717) is 6.04 Å². The molecule has 1 saturated heterocycles. The highest BCUT2D eigenvalue weighted by Crippen LogP contribution is 2.13. The van der Waals surface area contributed by atoms with E-state index in [-0.39, 0.29) is 19.0 Å². The van der Waals surface area contributed by atoms with Crippen LogP contribution >= 0.6 is 0 Å². The van der Waals surface area contributed by atoms with Crippen LogP contribution in [0.25, 0.3) is 0 Å². The highest BCUT2D eigenvalue weighted by Gasteiger charge is 2.23. The summed E-state index contributed by atoms with van der Waals surface area (Å²) in [4.78, 5) is 25.9. The van der Waals surface area contributed by atoms with Crippen LogP contribution in [0.5, 0.6) is 0 Å². The fourth-order valence-electron chi connectivity index (χ4n) is 1.97. The SMILES string of the molecule is CN(C)C1CCN(C(=O)NCCC(=O)O)CC1. The molecular formula is C11H21N3O3. The zero-order valence-electron chi connectivity index (χ0n) is 10.5. The van der Waals surface area contributed by atoms with Gasteiger partial charge >= 0.3 is 12.0 Å². The van der Waals surface area contributed by atoms with Gasteiger partial charge in [0.2, 0.25) is 0 Å². The molecule has 0 saturated carbocycles. The van der Waals surface area contributed by atoms with Crippen molar-refractivity contribution in [2.45, 2.75) is 25.3 Å². The van der Waals surface area contributed by atoms with Crippen molar-refractivity contribution in [2.75, 3.05) is 33.7 Å². The zero-order chi connectivity index (χ0) is 12.8. The predicted octanol–water partition coefficient (Wildman–Crippen LogP) is 0.197. The number of carboxylic acid groups (broad SMARTS) is 1. The van der Waals surface area contributed by atoms with E-state index in [1.807, 2.05) is 14.1 Å². The van der Waals surface area contributed by atoms with Gasteiger partial charge in [-0.3, -0.25) is 4.79 Å². The number of nitrogens with zero attached hydrogens (tertiary/aromatic N) is 2. The van der Waals surface area contributed by atoms with Gasteiger partial charge in [0, 0.05) is 25.7 Å². The number of carbonyl (C=O) groups is 2. The van der Waals surface area contributed by atoms with E-state index >= 15 is 0 Å². The van der Waals surface area contributed by atoms with Crippen molar-refractivity contribution in [1.82, 2.24) is 15.1 Å². The lowest BCUT2D eigenvalue weighted by molar-refractivity contribution is -0.136. The second kappa shape index (κ2) is 6.44. The molecule has 0 atom stereocenters. The molecule has 0 bridgehead atoms. The molecule has 1 rings (SSSR count). The number of carboxylic acids is 1. The average Bonchev–Trinajstić information content (AvgIpc) is 2.28. The summed E-state index contributed by atoms with van der Waals surface area (Å²) in [7, 11) is 4.10. The Hall–Kier alpha value is -1.30. The van der Waals surface area contributed by atoms with Gasteiger partial charge < -0.3 is 20.2 Å². The number of hydrogen-bond donors (Lipinski definition) is 2. The Labute approximate surface area is 102 Å². The van der Waals surface area contributed by atoms with E-state index < -0.39 is 5.97 Å². The minimum Gasteiger partial charge on any atom is -0.481 e. The Morgan fingerprint density at radius 1 is 1.35 bits per heavy atom. The highest BCUT2D eigenvalue weighted by molar-refractivity contribution is 5.75. The van der Waals surface area contributed by atoms with Gasteiger partial charge in [-0.1, -0.05) is 0 Å². The van der Waals surface area contributed by atoms with Crippen molar-refractivity contribution in [3.05, 3.63) is 0 Å². The number of rotatable bonds is 4. The van der Waals surface area contributed by atoms with Crippen LogP contribution in [0.2, 0.25) is 0 Å². The maximum absolute atomic E-state index is 11.7. The van der Waals surface area contributed by atoms with Gasteiger partial charge in [-0.2, -0.15) is 0 Å². The third-order valence-corrected chi connectivity index (χ3v) is 3.10. The van der Waals surface area contributed by atoms with Crippen LogP contribution in [0.1, 0.15) is 19.3 Å². The molecule has 6 nitrogen and oxygen atoms in total. The molecule has 1 fully saturated rings. The molecule has 0 unspecified atom stereocenters. The third-order valence-electron chi connectivity index (χ3n) is 3.10. The molecule has 98 valence electrons. The first-order valence-corrected chi connectivity index (χ1v) is 5.91. The van der Waals surface area contributed by atoms with E-state index in [1.165, 1.54) is 0 Å². The summed E-state index contributed by atoms with van der Waals surface area (Å²) in [6, 6.07) is 0.390. The normalized spacial score (nSPS) is 17.2. The Morgan fingerprint density at radius 3 is 2.41 bits per heavy atom. The summed E-state index contributed by atoms with van der Waals surface area (Å²) in [6.07, 6.45) is 1.92. The summed E-state index contributed by atoms with van der Waals surface area (Å²) in [5.74, 6) is -0.892. The van der Waals surface area contributed by atoms with Crippen LogP contribution in [0, 0.1) is 0 Å². The van der Waals surface area contributed by atoms with Crippen molar-refractivity contribution < 1.29 is 14.7 Å². The second-order valence-electron chi connectivity index (χ2n) is 4.56. The standard InChI is InChI=1S/C11H21N3O3/c1-13(2)9-4-7-14(8-5-9)11(17)12-6-3-10(15)16/h9H,3-8H2,1-2H3,(H,12,17)(H,15,16). The minimum absolute atomic E-state index is 0.0279. The van der Waals surface area contributed by atoms with Crippen molar-refractivity contribution in [3.8, 4) is 0 Å². The first kappa shape index (κ1) is 13.8. The molecule has 17 heavy (non-hydrogen) atoms. The fraction of sp³-hybridized carbons (Fsp3) is 0.818. The lowest BCUT2D eigenvalue weighted by Gasteiger charge is -2.35. The van der Waals surface area contributed by atoms with Gasteiger partial charge in [-0.25, -0.2) is 4.79 Å². The average molecular weight is 243 g/mol. The molecular weight excluding hydrogens is 222 g/mol. The molecule has 0 aliphatic carbocycles. The summed E-state index contributed by atoms with van der Waals surface area (Å²) in [5, 5.41) is 11.1. The van der Waals surface area contributed by atoms with Crippen LogP contribution in [0.4, 0.5) is 4.79 Å². The molecule has 2 N–H and O–H groups in total. The zero-order valence-corrected chi connectivity index (χ0v) is 10.5. The second-order valence-corrected chi connectivity index (χ2v) is 4.56. The minimum atomic E-state index is -0.892. The molecule has 1 aliphatic rings. The quantitative estimate of drug-likeness (QED) is 0.739. The predicted molar refractivity (Wildman–Crippen MR) is 63.9 cm³/mol. The molecule has 1 heterocycles. The third kappa shape index (κ3) is 4.60. The van der Waals surface area contributed by atoms with E-state index in [1.54, 1.807) is 4.90 Å². The maximum atomic E-state index is 11.7. The van der Waals surface area contributed by atoms with Crippen molar-refractivity contribution >= 4 is 12.0 Å². The molecule has 0 aromatic rings. The molecule has 0 aromatic heterocycles. The smallest absolute Gasteiger partial charge is 0.317 e. The maximum Gasteiger partial charge on any atom is 0.317 e. The van der Waals surface area contributed by atoms with E-state index in [2.05, 4.69) is 10.2 Å².